The van der Waals surface area contributed by atoms with Crippen molar-refractivity contribution in [3.63, 3.8) is 0 Å². The number of hydrogen-bond donors (Lipinski definition) is 3. The van der Waals surface area contributed by atoms with Gasteiger partial charge in [-0.3, -0.25) is 0 Å². The van der Waals surface area contributed by atoms with Crippen LogP contribution < -0.4 is 5.73 Å². The van der Waals surface area contributed by atoms with Gasteiger partial charge >= 0.3 is 0 Å². The fourth-order valence-electron chi connectivity index (χ4n) is 1.12. The van der Waals surface area contributed by atoms with Crippen molar-refractivity contribution in [2.45, 2.75) is 12.5 Å². The zero-order valence-electron chi connectivity index (χ0n) is 7.07. The molecule has 1 aromatic rings. The minimum atomic E-state index is -0.527. The molecule has 1 atom stereocenters. The van der Waals surface area contributed by atoms with Gasteiger partial charge < -0.3 is 15.9 Å². The van der Waals surface area contributed by atoms with Crippen LogP contribution in [0.25, 0.3) is 0 Å². The summed E-state index contributed by atoms with van der Waals surface area (Å²) in [6.07, 6.45) is 0.303. The highest BCUT2D eigenvalue weighted by Gasteiger charge is 2.10. The van der Waals surface area contributed by atoms with Crippen molar-refractivity contribution in [1.29, 1.82) is 0 Å². The molecule has 0 aromatic heterocycles. The Morgan fingerprint density at radius 1 is 1.46 bits per heavy atom. The molecule has 0 heterocycles. The lowest BCUT2D eigenvalue weighted by molar-refractivity contribution is 0.275. The van der Waals surface area contributed by atoms with Crippen LogP contribution in [-0.2, 0) is 0 Å². The molecule has 4 N–H and O–H groups in total. The molecule has 0 aliphatic heterocycles. The molecule has 13 heavy (non-hydrogen) atoms. The Labute approximate surface area is 75.6 Å². The number of benzene rings is 1. The molecule has 0 aliphatic carbocycles. The van der Waals surface area contributed by atoms with Crippen molar-refractivity contribution < 1.29 is 14.6 Å². The van der Waals surface area contributed by atoms with Crippen LogP contribution in [0.1, 0.15) is 18.0 Å². The van der Waals surface area contributed by atoms with Crippen LogP contribution in [0.4, 0.5) is 4.39 Å². The third kappa shape index (κ3) is 2.40. The van der Waals surface area contributed by atoms with Gasteiger partial charge in [-0.15, -0.1) is 0 Å². The normalized spacial score (nSPS) is 12.8. The van der Waals surface area contributed by atoms with E-state index in [0.29, 0.717) is 12.0 Å². The summed E-state index contributed by atoms with van der Waals surface area (Å²) in [4.78, 5) is 0. The lowest BCUT2D eigenvalue weighted by atomic mass is 10.0. The van der Waals surface area contributed by atoms with Crippen molar-refractivity contribution >= 4 is 0 Å². The monoisotopic (exact) mass is 185 g/mol. The van der Waals surface area contributed by atoms with Gasteiger partial charge in [-0.05, 0) is 24.6 Å². The maximum atomic E-state index is 12.7. The molecule has 3 nitrogen and oxygen atoms in total. The molecule has 0 spiro atoms. The molecule has 0 radical (unpaired) electrons. The van der Waals surface area contributed by atoms with E-state index in [-0.39, 0.29) is 12.4 Å². The Balaban J connectivity index is 2.91. The molecule has 0 fully saturated rings. The summed E-state index contributed by atoms with van der Waals surface area (Å²) >= 11 is 0. The minimum absolute atomic E-state index is 0.0395. The summed E-state index contributed by atoms with van der Waals surface area (Å²) in [5, 5.41) is 17.9. The van der Waals surface area contributed by atoms with Gasteiger partial charge in [0.2, 0.25) is 0 Å². The van der Waals surface area contributed by atoms with E-state index < -0.39 is 11.9 Å². The number of rotatable bonds is 3. The summed E-state index contributed by atoms with van der Waals surface area (Å²) in [5.74, 6) is -0.483. The van der Waals surface area contributed by atoms with E-state index in [1.807, 2.05) is 0 Å². The number of aliphatic hydroxyl groups excluding tert-OH is 1. The lowest BCUT2D eigenvalue weighted by Crippen LogP contribution is -2.12. The zero-order valence-corrected chi connectivity index (χ0v) is 7.07. The van der Waals surface area contributed by atoms with Crippen molar-refractivity contribution in [2.75, 3.05) is 6.61 Å². The van der Waals surface area contributed by atoms with Gasteiger partial charge in [0.1, 0.15) is 11.6 Å². The number of phenols is 1. The quantitative estimate of drug-likeness (QED) is 0.655. The van der Waals surface area contributed by atoms with E-state index in [2.05, 4.69) is 0 Å². The number of aromatic hydroxyl groups is 1. The second-order valence-corrected chi connectivity index (χ2v) is 2.82. The average molecular weight is 185 g/mol. The highest BCUT2D eigenvalue weighted by Crippen LogP contribution is 2.24. The number of halogens is 1. The maximum Gasteiger partial charge on any atom is 0.123 e. The van der Waals surface area contributed by atoms with E-state index in [1.165, 1.54) is 12.1 Å². The van der Waals surface area contributed by atoms with E-state index in [9.17, 15) is 9.50 Å². The zero-order chi connectivity index (χ0) is 9.84. The van der Waals surface area contributed by atoms with Crippen molar-refractivity contribution in [3.8, 4) is 5.75 Å². The van der Waals surface area contributed by atoms with Crippen molar-refractivity contribution in [2.24, 2.45) is 5.73 Å². The van der Waals surface area contributed by atoms with Gasteiger partial charge in [0.05, 0.1) is 0 Å². The Kier molecular flexibility index (Phi) is 3.22. The molecule has 0 aliphatic rings. The molecular weight excluding hydrogens is 173 g/mol. The second-order valence-electron chi connectivity index (χ2n) is 2.82. The van der Waals surface area contributed by atoms with Crippen molar-refractivity contribution in [1.82, 2.24) is 0 Å². The SMILES string of the molecule is N[C@H](CCO)c1cc(F)ccc1O. The Bertz CT molecular complexity index is 291. The topological polar surface area (TPSA) is 66.5 Å². The average Bonchev–Trinajstić information content (AvgIpc) is 2.09. The summed E-state index contributed by atoms with van der Waals surface area (Å²) in [6, 6.07) is 3.06. The van der Waals surface area contributed by atoms with Gasteiger partial charge in [-0.2, -0.15) is 0 Å². The summed E-state index contributed by atoms with van der Waals surface area (Å²) < 4.78 is 12.7. The fraction of sp³-hybridized carbons (Fsp3) is 0.333. The summed E-state index contributed by atoms with van der Waals surface area (Å²) in [5.41, 5.74) is 5.92. The Morgan fingerprint density at radius 2 is 2.15 bits per heavy atom. The number of nitrogens with two attached hydrogens (primary N) is 1. The van der Waals surface area contributed by atoms with Crippen LogP contribution in [0.15, 0.2) is 18.2 Å². The fourth-order valence-corrected chi connectivity index (χ4v) is 1.12. The number of hydrogen-bond acceptors (Lipinski definition) is 3. The number of aliphatic hydroxyl groups is 1. The first-order valence-electron chi connectivity index (χ1n) is 4.00. The first-order valence-corrected chi connectivity index (χ1v) is 4.00. The van der Waals surface area contributed by atoms with Gasteiger partial charge in [0.25, 0.3) is 0 Å². The molecule has 72 valence electrons. The number of phenolic OH excluding ortho intramolecular Hbond substituents is 1. The predicted octanol–water partition coefficient (Wildman–Crippen LogP) is 0.913. The molecule has 0 saturated heterocycles. The smallest absolute Gasteiger partial charge is 0.123 e. The van der Waals surface area contributed by atoms with Crippen LogP contribution in [0.2, 0.25) is 0 Å². The largest absolute Gasteiger partial charge is 0.508 e. The standard InChI is InChI=1S/C9H12FNO2/c10-6-1-2-9(13)7(5-6)8(11)3-4-12/h1-2,5,8,12-13H,3-4,11H2/t8-/m1/s1. The lowest BCUT2D eigenvalue weighted by Gasteiger charge is -2.11. The molecule has 0 unspecified atom stereocenters. The van der Waals surface area contributed by atoms with Gasteiger partial charge in [-0.25, -0.2) is 4.39 Å². The van der Waals surface area contributed by atoms with Crippen LogP contribution in [-0.4, -0.2) is 16.8 Å². The first-order chi connectivity index (χ1) is 6.15. The van der Waals surface area contributed by atoms with E-state index in [1.54, 1.807) is 0 Å². The van der Waals surface area contributed by atoms with Crippen LogP contribution in [0.3, 0.4) is 0 Å². The molecule has 1 rings (SSSR count). The molecule has 0 saturated carbocycles. The molecule has 1 aromatic carbocycles. The predicted molar refractivity (Wildman–Crippen MR) is 46.7 cm³/mol. The second kappa shape index (κ2) is 4.20. The molecule has 0 amide bonds. The summed E-state index contributed by atoms with van der Waals surface area (Å²) in [6.45, 7) is -0.0862. The van der Waals surface area contributed by atoms with Crippen LogP contribution in [0.5, 0.6) is 5.75 Å². The highest BCUT2D eigenvalue weighted by atomic mass is 19.1. The summed E-state index contributed by atoms with van der Waals surface area (Å²) in [7, 11) is 0. The molecule has 0 bridgehead atoms. The van der Waals surface area contributed by atoms with Crippen LogP contribution in [0, 0.1) is 5.82 Å². The van der Waals surface area contributed by atoms with Gasteiger partial charge in [0, 0.05) is 18.2 Å². The van der Waals surface area contributed by atoms with Gasteiger partial charge in [-0.1, -0.05) is 0 Å². The van der Waals surface area contributed by atoms with E-state index >= 15 is 0 Å². The molecule has 4 heteroatoms. The Hall–Kier alpha value is -1.13. The molecular formula is C9H12FNO2. The Morgan fingerprint density at radius 3 is 2.77 bits per heavy atom. The third-order valence-corrected chi connectivity index (χ3v) is 1.83. The highest BCUT2D eigenvalue weighted by molar-refractivity contribution is 5.34. The van der Waals surface area contributed by atoms with E-state index in [0.717, 1.165) is 6.07 Å². The third-order valence-electron chi connectivity index (χ3n) is 1.83. The van der Waals surface area contributed by atoms with E-state index in [4.69, 9.17) is 10.8 Å². The minimum Gasteiger partial charge on any atom is -0.508 e. The van der Waals surface area contributed by atoms with Crippen molar-refractivity contribution in [3.05, 3.63) is 29.6 Å². The van der Waals surface area contributed by atoms with Crippen LogP contribution >= 0.6 is 0 Å². The van der Waals surface area contributed by atoms with Gasteiger partial charge in [0.15, 0.2) is 0 Å². The maximum absolute atomic E-state index is 12.7. The first kappa shape index (κ1) is 9.95.